The van der Waals surface area contributed by atoms with Gasteiger partial charge in [-0.1, -0.05) is 12.1 Å². The highest BCUT2D eigenvalue weighted by atomic mass is 32.2. The number of hydrogen-bond acceptors (Lipinski definition) is 3. The zero-order chi connectivity index (χ0) is 21.7. The Bertz CT molecular complexity index is 1190. The van der Waals surface area contributed by atoms with Gasteiger partial charge in [0.15, 0.2) is 9.84 Å². The molecule has 4 nitrogen and oxygen atoms in total. The lowest BCUT2D eigenvalue weighted by Crippen LogP contribution is -2.07. The number of aryl methyl sites for hydroxylation is 2. The molecule has 3 aromatic rings. The number of imidazole rings is 1. The summed E-state index contributed by atoms with van der Waals surface area (Å²) in [4.78, 5) is 4.51. The molecular formula is C19H15F5N2O2S. The smallest absolute Gasteiger partial charge is 0.334 e. The molecule has 0 amide bonds. The molecule has 10 heteroatoms. The van der Waals surface area contributed by atoms with Crippen LogP contribution in [0.1, 0.15) is 17.0 Å². The van der Waals surface area contributed by atoms with Crippen LogP contribution in [0.25, 0.3) is 22.5 Å². The zero-order valence-electron chi connectivity index (χ0n) is 15.4. The molecule has 29 heavy (non-hydrogen) atoms. The lowest BCUT2D eigenvalue weighted by atomic mass is 10.0. The largest absolute Gasteiger partial charge is 0.449 e. The summed E-state index contributed by atoms with van der Waals surface area (Å²) in [6, 6.07) is 6.17. The number of benzene rings is 2. The first kappa shape index (κ1) is 21.0. The number of nitrogens with one attached hydrogen (secondary N) is 1. The van der Waals surface area contributed by atoms with Gasteiger partial charge in [-0.2, -0.15) is 13.2 Å². The highest BCUT2D eigenvalue weighted by Crippen LogP contribution is 2.37. The SMILES string of the molecule is Cc1ccc(-c2[nH]c(C(F)(F)F)nc2-c2cc(F)c(S(C)(=O)=O)c(F)c2)cc1C. The molecule has 0 bridgehead atoms. The molecule has 1 aromatic heterocycles. The second-order valence-electron chi connectivity index (χ2n) is 6.65. The molecule has 3 rings (SSSR count). The number of halogens is 5. The van der Waals surface area contributed by atoms with E-state index in [1.807, 2.05) is 6.92 Å². The van der Waals surface area contributed by atoms with E-state index in [0.717, 1.165) is 11.1 Å². The molecule has 0 unspecified atom stereocenters. The summed E-state index contributed by atoms with van der Waals surface area (Å²) >= 11 is 0. The lowest BCUT2D eigenvalue weighted by Gasteiger charge is -2.08. The van der Waals surface area contributed by atoms with Crippen LogP contribution < -0.4 is 0 Å². The minimum Gasteiger partial charge on any atom is -0.334 e. The van der Waals surface area contributed by atoms with Gasteiger partial charge in [0.2, 0.25) is 5.82 Å². The maximum absolute atomic E-state index is 14.3. The third kappa shape index (κ3) is 4.02. The Morgan fingerprint density at radius 1 is 0.931 bits per heavy atom. The van der Waals surface area contributed by atoms with E-state index in [-0.39, 0.29) is 17.0 Å². The van der Waals surface area contributed by atoms with Gasteiger partial charge < -0.3 is 4.98 Å². The topological polar surface area (TPSA) is 62.8 Å². The lowest BCUT2D eigenvalue weighted by molar-refractivity contribution is -0.144. The van der Waals surface area contributed by atoms with Crippen molar-refractivity contribution in [2.24, 2.45) is 0 Å². The number of aromatic nitrogens is 2. The molecule has 0 fully saturated rings. The summed E-state index contributed by atoms with van der Waals surface area (Å²) < 4.78 is 91.4. The van der Waals surface area contributed by atoms with Crippen LogP contribution in [0.15, 0.2) is 35.2 Å². The van der Waals surface area contributed by atoms with E-state index in [4.69, 9.17) is 0 Å². The minimum atomic E-state index is -4.82. The molecule has 0 radical (unpaired) electrons. The molecule has 0 aliphatic carbocycles. The fraction of sp³-hybridized carbons (Fsp3) is 0.211. The van der Waals surface area contributed by atoms with Gasteiger partial charge >= 0.3 is 6.18 Å². The van der Waals surface area contributed by atoms with Gasteiger partial charge in [0.25, 0.3) is 0 Å². The first-order valence-corrected chi connectivity index (χ1v) is 10.1. The van der Waals surface area contributed by atoms with Crippen molar-refractivity contribution in [3.63, 3.8) is 0 Å². The summed E-state index contributed by atoms with van der Waals surface area (Å²) in [6.07, 6.45) is -4.19. The normalized spacial score (nSPS) is 12.4. The van der Waals surface area contributed by atoms with Crippen molar-refractivity contribution in [1.82, 2.24) is 9.97 Å². The van der Waals surface area contributed by atoms with Crippen LogP contribution in [0.4, 0.5) is 22.0 Å². The number of aromatic amines is 1. The fourth-order valence-electron chi connectivity index (χ4n) is 2.87. The predicted octanol–water partition coefficient (Wildman–Crippen LogP) is 5.06. The molecule has 0 saturated heterocycles. The summed E-state index contributed by atoms with van der Waals surface area (Å²) in [6.45, 7) is 3.59. The number of sulfone groups is 1. The highest BCUT2D eigenvalue weighted by molar-refractivity contribution is 7.90. The summed E-state index contributed by atoms with van der Waals surface area (Å²) in [7, 11) is -4.21. The van der Waals surface area contributed by atoms with Gasteiger partial charge in [-0.15, -0.1) is 0 Å². The quantitative estimate of drug-likeness (QED) is 0.591. The van der Waals surface area contributed by atoms with Crippen LogP contribution in [0.2, 0.25) is 0 Å². The Labute approximate surface area is 163 Å². The van der Waals surface area contributed by atoms with Gasteiger partial charge in [-0.05, 0) is 43.2 Å². The predicted molar refractivity (Wildman–Crippen MR) is 97.0 cm³/mol. The fourth-order valence-corrected chi connectivity index (χ4v) is 3.70. The maximum atomic E-state index is 14.3. The standard InChI is InChI=1S/C19H15F5N2O2S/c1-9-4-5-11(6-10(9)2)15-16(26-18(25-15)19(22,23)24)12-7-13(20)17(14(21)8-12)29(3,27)28/h4-8H,1-3H3,(H,25,26). The molecule has 154 valence electrons. The van der Waals surface area contributed by atoms with E-state index in [2.05, 4.69) is 9.97 Å². The monoisotopic (exact) mass is 430 g/mol. The van der Waals surface area contributed by atoms with E-state index in [1.165, 1.54) is 0 Å². The Morgan fingerprint density at radius 2 is 1.52 bits per heavy atom. The van der Waals surface area contributed by atoms with Gasteiger partial charge in [0.1, 0.15) is 16.5 Å². The van der Waals surface area contributed by atoms with Crippen molar-refractivity contribution in [1.29, 1.82) is 0 Å². The Hall–Kier alpha value is -2.75. The average Bonchev–Trinajstić information content (AvgIpc) is 3.01. The molecule has 0 aliphatic heterocycles. The number of rotatable bonds is 3. The van der Waals surface area contributed by atoms with E-state index in [9.17, 15) is 30.4 Å². The van der Waals surface area contributed by atoms with Crippen LogP contribution in [-0.4, -0.2) is 24.6 Å². The molecule has 0 spiro atoms. The molecular weight excluding hydrogens is 415 g/mol. The van der Waals surface area contributed by atoms with E-state index < -0.39 is 38.4 Å². The first-order chi connectivity index (χ1) is 13.3. The van der Waals surface area contributed by atoms with Crippen molar-refractivity contribution in [3.05, 3.63) is 58.9 Å². The van der Waals surface area contributed by atoms with Gasteiger partial charge in [0.05, 0.1) is 11.4 Å². The third-order valence-corrected chi connectivity index (χ3v) is 5.54. The second kappa shape index (κ2) is 6.94. The number of alkyl halides is 3. The van der Waals surface area contributed by atoms with Crippen LogP contribution in [0, 0.1) is 25.5 Å². The second-order valence-corrected chi connectivity index (χ2v) is 8.60. The number of nitrogens with zero attached hydrogens (tertiary/aromatic N) is 1. The van der Waals surface area contributed by atoms with Crippen LogP contribution >= 0.6 is 0 Å². The van der Waals surface area contributed by atoms with Crippen LogP contribution in [0.3, 0.4) is 0 Å². The maximum Gasteiger partial charge on any atom is 0.449 e. The van der Waals surface area contributed by atoms with E-state index in [1.54, 1.807) is 25.1 Å². The molecule has 0 atom stereocenters. The van der Waals surface area contributed by atoms with Crippen molar-refractivity contribution >= 4 is 9.84 Å². The van der Waals surface area contributed by atoms with Crippen molar-refractivity contribution < 1.29 is 30.4 Å². The van der Waals surface area contributed by atoms with E-state index >= 15 is 0 Å². The van der Waals surface area contributed by atoms with Crippen molar-refractivity contribution in [2.45, 2.75) is 24.9 Å². The van der Waals surface area contributed by atoms with Gasteiger partial charge in [-0.3, -0.25) is 0 Å². The van der Waals surface area contributed by atoms with Gasteiger partial charge in [0, 0.05) is 17.4 Å². The minimum absolute atomic E-state index is 0.0914. The molecule has 0 saturated carbocycles. The van der Waals surface area contributed by atoms with Crippen LogP contribution in [-0.2, 0) is 16.0 Å². The van der Waals surface area contributed by atoms with Crippen molar-refractivity contribution in [2.75, 3.05) is 6.26 Å². The highest BCUT2D eigenvalue weighted by Gasteiger charge is 2.36. The molecule has 1 heterocycles. The van der Waals surface area contributed by atoms with Crippen molar-refractivity contribution in [3.8, 4) is 22.5 Å². The molecule has 2 aromatic carbocycles. The molecule has 0 aliphatic rings. The first-order valence-electron chi connectivity index (χ1n) is 8.23. The average molecular weight is 430 g/mol. The van der Waals surface area contributed by atoms with E-state index in [0.29, 0.717) is 24.0 Å². The van der Waals surface area contributed by atoms with Crippen LogP contribution in [0.5, 0.6) is 0 Å². The Morgan fingerprint density at radius 3 is 2.00 bits per heavy atom. The summed E-state index contributed by atoms with van der Waals surface area (Å²) in [5.74, 6) is -4.16. The Balaban J connectivity index is 2.29. The number of hydrogen-bond donors (Lipinski definition) is 1. The third-order valence-electron chi connectivity index (χ3n) is 4.41. The van der Waals surface area contributed by atoms with Gasteiger partial charge in [-0.25, -0.2) is 22.2 Å². The summed E-state index contributed by atoms with van der Waals surface area (Å²) in [5.41, 5.74) is 1.26. The number of H-pyrrole nitrogens is 1. The molecule has 1 N–H and O–H groups in total. The zero-order valence-corrected chi connectivity index (χ0v) is 16.3. The summed E-state index contributed by atoms with van der Waals surface area (Å²) in [5, 5.41) is 0. The Kier molecular flexibility index (Phi) is 5.02.